The van der Waals surface area contributed by atoms with Crippen LogP contribution >= 0.6 is 0 Å². The highest BCUT2D eigenvalue weighted by molar-refractivity contribution is 5.81. The molecule has 0 saturated carbocycles. The summed E-state index contributed by atoms with van der Waals surface area (Å²) in [7, 11) is 3.98. The molecule has 0 unspecified atom stereocenters. The van der Waals surface area contributed by atoms with Crippen LogP contribution in [0.5, 0.6) is 0 Å². The van der Waals surface area contributed by atoms with Gasteiger partial charge in [0.1, 0.15) is 0 Å². The van der Waals surface area contributed by atoms with Crippen molar-refractivity contribution in [3.8, 4) is 0 Å². The van der Waals surface area contributed by atoms with Crippen molar-refractivity contribution in [1.29, 1.82) is 0 Å². The first-order valence-corrected chi connectivity index (χ1v) is 9.13. The van der Waals surface area contributed by atoms with Crippen LogP contribution in [0.15, 0.2) is 24.5 Å². The van der Waals surface area contributed by atoms with Gasteiger partial charge in [-0.1, -0.05) is 0 Å². The number of hydrogen-bond donors (Lipinski definition) is 0. The zero-order chi connectivity index (χ0) is 18.8. The number of carbonyl (C=O) groups is 2. The maximum Gasteiger partial charge on any atom is 0.227 e. The van der Waals surface area contributed by atoms with E-state index < -0.39 is 0 Å². The summed E-state index contributed by atoms with van der Waals surface area (Å²) in [6.45, 7) is 6.57. The molecule has 140 valence electrons. The normalized spacial score (nSPS) is 14.8. The van der Waals surface area contributed by atoms with Crippen molar-refractivity contribution in [3.63, 3.8) is 0 Å². The van der Waals surface area contributed by atoms with Gasteiger partial charge in [-0.3, -0.25) is 9.59 Å². The van der Waals surface area contributed by atoms with Crippen molar-refractivity contribution in [1.82, 2.24) is 18.9 Å². The Morgan fingerprint density at radius 2 is 1.54 bits per heavy atom. The van der Waals surface area contributed by atoms with Gasteiger partial charge < -0.3 is 18.9 Å². The molecule has 1 saturated heterocycles. The van der Waals surface area contributed by atoms with Gasteiger partial charge in [0.05, 0.1) is 12.8 Å². The molecule has 1 aliphatic heterocycles. The number of amides is 2. The molecule has 3 heterocycles. The van der Waals surface area contributed by atoms with Crippen LogP contribution in [0.2, 0.25) is 0 Å². The van der Waals surface area contributed by atoms with Gasteiger partial charge in [-0.25, -0.2) is 0 Å². The van der Waals surface area contributed by atoms with Crippen LogP contribution in [-0.2, 0) is 36.5 Å². The number of hydrogen-bond acceptors (Lipinski definition) is 2. The van der Waals surface area contributed by atoms with Crippen molar-refractivity contribution in [2.45, 2.75) is 26.7 Å². The maximum absolute atomic E-state index is 12.6. The Kier molecular flexibility index (Phi) is 5.20. The van der Waals surface area contributed by atoms with Crippen LogP contribution in [0.1, 0.15) is 22.5 Å². The van der Waals surface area contributed by atoms with Gasteiger partial charge >= 0.3 is 0 Å². The molecule has 0 bridgehead atoms. The zero-order valence-corrected chi connectivity index (χ0v) is 16.2. The van der Waals surface area contributed by atoms with E-state index in [1.165, 1.54) is 5.69 Å². The lowest BCUT2D eigenvalue weighted by molar-refractivity contribution is -0.138. The van der Waals surface area contributed by atoms with Gasteiger partial charge in [0.2, 0.25) is 11.8 Å². The van der Waals surface area contributed by atoms with E-state index in [4.69, 9.17) is 0 Å². The van der Waals surface area contributed by atoms with Gasteiger partial charge in [-0.05, 0) is 37.1 Å². The summed E-state index contributed by atoms with van der Waals surface area (Å²) in [4.78, 5) is 28.8. The van der Waals surface area contributed by atoms with Gasteiger partial charge in [-0.2, -0.15) is 0 Å². The molecular weight excluding hydrogens is 328 g/mol. The molecule has 0 spiro atoms. The summed E-state index contributed by atoms with van der Waals surface area (Å²) in [5.74, 6) is 0.284. The molecule has 1 fully saturated rings. The van der Waals surface area contributed by atoms with E-state index in [0.717, 1.165) is 16.8 Å². The topological polar surface area (TPSA) is 50.5 Å². The van der Waals surface area contributed by atoms with Crippen molar-refractivity contribution in [3.05, 3.63) is 47.0 Å². The first-order chi connectivity index (χ1) is 12.3. The predicted octanol–water partition coefficient (Wildman–Crippen LogP) is 1.44. The van der Waals surface area contributed by atoms with E-state index in [2.05, 4.69) is 24.5 Å². The first-order valence-electron chi connectivity index (χ1n) is 9.13. The van der Waals surface area contributed by atoms with Crippen LogP contribution < -0.4 is 0 Å². The highest BCUT2D eigenvalue weighted by Crippen LogP contribution is 2.16. The highest BCUT2D eigenvalue weighted by Gasteiger charge is 2.25. The van der Waals surface area contributed by atoms with E-state index in [1.807, 2.05) is 46.9 Å². The van der Waals surface area contributed by atoms with Gasteiger partial charge in [-0.15, -0.1) is 0 Å². The number of piperazine rings is 1. The second-order valence-corrected chi connectivity index (χ2v) is 7.26. The number of nitrogens with zero attached hydrogens (tertiary/aromatic N) is 4. The second-order valence-electron chi connectivity index (χ2n) is 7.26. The molecule has 0 aliphatic carbocycles. The minimum atomic E-state index is 0.137. The third-order valence-electron chi connectivity index (χ3n) is 5.46. The Hall–Kier alpha value is -2.50. The number of carbonyl (C=O) groups excluding carboxylic acids is 2. The molecule has 6 heteroatoms. The van der Waals surface area contributed by atoms with E-state index >= 15 is 0 Å². The first kappa shape index (κ1) is 18.3. The maximum atomic E-state index is 12.6. The molecule has 2 amide bonds. The quantitative estimate of drug-likeness (QED) is 0.832. The fourth-order valence-corrected chi connectivity index (χ4v) is 3.54. The number of aryl methyl sites for hydroxylation is 2. The average molecular weight is 356 g/mol. The van der Waals surface area contributed by atoms with Crippen molar-refractivity contribution in [2.24, 2.45) is 14.1 Å². The molecular formula is C20H28N4O2. The van der Waals surface area contributed by atoms with Crippen LogP contribution in [0, 0.1) is 13.8 Å². The zero-order valence-electron chi connectivity index (χ0n) is 16.2. The lowest BCUT2D eigenvalue weighted by atomic mass is 10.1. The molecule has 3 rings (SSSR count). The Balaban J connectivity index is 1.52. The molecule has 6 nitrogen and oxygen atoms in total. The smallest absolute Gasteiger partial charge is 0.227 e. The van der Waals surface area contributed by atoms with Crippen LogP contribution in [0.4, 0.5) is 0 Å². The standard InChI is InChI=1S/C20H28N4O2/c1-15-11-18(16(2)22(15)4)13-20(26)24-9-7-23(8-10-24)19(25)12-17-5-6-21(3)14-17/h5-6,11,14H,7-10,12-13H2,1-4H3. The van der Waals surface area contributed by atoms with Gasteiger partial charge in [0.25, 0.3) is 0 Å². The summed E-state index contributed by atoms with van der Waals surface area (Å²) in [5, 5.41) is 0. The Morgan fingerprint density at radius 3 is 2.00 bits per heavy atom. The van der Waals surface area contributed by atoms with E-state index in [-0.39, 0.29) is 11.8 Å². The van der Waals surface area contributed by atoms with Gasteiger partial charge in [0.15, 0.2) is 0 Å². The lowest BCUT2D eigenvalue weighted by Gasteiger charge is -2.35. The summed E-state index contributed by atoms with van der Waals surface area (Å²) >= 11 is 0. The molecule has 2 aromatic heterocycles. The summed E-state index contributed by atoms with van der Waals surface area (Å²) in [6, 6.07) is 4.06. The minimum Gasteiger partial charge on any atom is -0.357 e. The van der Waals surface area contributed by atoms with Crippen molar-refractivity contribution >= 4 is 11.8 Å². The average Bonchev–Trinajstić information content (AvgIpc) is 3.13. The monoisotopic (exact) mass is 356 g/mol. The third-order valence-corrected chi connectivity index (χ3v) is 5.46. The second kappa shape index (κ2) is 7.40. The molecule has 0 aromatic carbocycles. The highest BCUT2D eigenvalue weighted by atomic mass is 16.2. The van der Waals surface area contributed by atoms with E-state index in [0.29, 0.717) is 39.0 Å². The SMILES string of the molecule is Cc1cc(CC(=O)N2CCN(C(=O)Cc3ccn(C)c3)CC2)c(C)n1C. The van der Waals surface area contributed by atoms with Crippen LogP contribution in [0.3, 0.4) is 0 Å². The van der Waals surface area contributed by atoms with Crippen molar-refractivity contribution in [2.75, 3.05) is 26.2 Å². The minimum absolute atomic E-state index is 0.137. The Labute approximate surface area is 155 Å². The molecule has 0 radical (unpaired) electrons. The molecule has 0 N–H and O–H groups in total. The van der Waals surface area contributed by atoms with Crippen molar-refractivity contribution < 1.29 is 9.59 Å². The van der Waals surface area contributed by atoms with E-state index in [9.17, 15) is 9.59 Å². The molecule has 0 atom stereocenters. The van der Waals surface area contributed by atoms with Crippen LogP contribution in [0.25, 0.3) is 0 Å². The molecule has 26 heavy (non-hydrogen) atoms. The van der Waals surface area contributed by atoms with Crippen LogP contribution in [-0.4, -0.2) is 56.9 Å². The summed E-state index contributed by atoms with van der Waals surface area (Å²) in [5.41, 5.74) is 4.44. The molecule has 1 aliphatic rings. The predicted molar refractivity (Wildman–Crippen MR) is 101 cm³/mol. The fourth-order valence-electron chi connectivity index (χ4n) is 3.54. The summed E-state index contributed by atoms with van der Waals surface area (Å²) < 4.78 is 4.06. The summed E-state index contributed by atoms with van der Waals surface area (Å²) in [6.07, 6.45) is 4.79. The largest absolute Gasteiger partial charge is 0.357 e. The molecule has 2 aromatic rings. The third kappa shape index (κ3) is 3.84. The van der Waals surface area contributed by atoms with E-state index in [1.54, 1.807) is 0 Å². The number of aromatic nitrogens is 2. The fraction of sp³-hybridized carbons (Fsp3) is 0.500. The number of rotatable bonds is 4. The lowest BCUT2D eigenvalue weighted by Crippen LogP contribution is -2.51. The Bertz CT molecular complexity index is 810. The van der Waals surface area contributed by atoms with Gasteiger partial charge in [0, 0.05) is 64.1 Å². The Morgan fingerprint density at radius 1 is 0.962 bits per heavy atom.